The fraction of sp³-hybridized carbons (Fsp3) is 0.500. The van der Waals surface area contributed by atoms with Gasteiger partial charge in [-0.3, -0.25) is 4.79 Å². The van der Waals surface area contributed by atoms with Crippen LogP contribution in [0.5, 0.6) is 0 Å². The normalized spacial score (nSPS) is 16.8. The molecule has 0 saturated carbocycles. The zero-order chi connectivity index (χ0) is 16.9. The lowest BCUT2D eigenvalue weighted by Gasteiger charge is -2.30. The van der Waals surface area contributed by atoms with Gasteiger partial charge in [0, 0.05) is 37.8 Å². The van der Waals surface area contributed by atoms with Crippen LogP contribution in [0.1, 0.15) is 47.8 Å². The van der Waals surface area contributed by atoms with Gasteiger partial charge in [0.25, 0.3) is 5.91 Å². The monoisotopic (exact) mass is 328 g/mol. The molecule has 3 rings (SSSR count). The minimum Gasteiger partial charge on any atom is -0.381 e. The number of carbonyl (C=O) groups is 1. The first-order valence-electron chi connectivity index (χ1n) is 8.52. The van der Waals surface area contributed by atoms with E-state index in [0.717, 1.165) is 44.1 Å². The molecule has 3 heterocycles. The molecule has 1 aliphatic heterocycles. The molecule has 6 nitrogen and oxygen atoms in total. The second-order valence-electron chi connectivity index (χ2n) is 6.14. The molecular formula is C18H24N4O2. The molecule has 0 unspecified atom stereocenters. The van der Waals surface area contributed by atoms with Crippen LogP contribution in [0.15, 0.2) is 30.6 Å². The maximum Gasteiger partial charge on any atom is 0.270 e. The predicted octanol–water partition coefficient (Wildman–Crippen LogP) is 2.50. The number of pyridine rings is 1. The number of amides is 1. The highest BCUT2D eigenvalue weighted by Crippen LogP contribution is 2.29. The summed E-state index contributed by atoms with van der Waals surface area (Å²) in [6.07, 6.45) is 5.59. The first-order chi connectivity index (χ1) is 11.7. The zero-order valence-corrected chi connectivity index (χ0v) is 14.2. The van der Waals surface area contributed by atoms with Gasteiger partial charge in [0.05, 0.1) is 6.04 Å². The van der Waals surface area contributed by atoms with E-state index in [9.17, 15) is 4.79 Å². The van der Waals surface area contributed by atoms with Gasteiger partial charge in [-0.1, -0.05) is 6.07 Å². The first-order valence-corrected chi connectivity index (χ1v) is 8.52. The lowest BCUT2D eigenvalue weighted by atomic mass is 9.91. The lowest BCUT2D eigenvalue weighted by molar-refractivity contribution is 0.0497. The number of rotatable bonds is 5. The minimum absolute atomic E-state index is 0.126. The number of imidazole rings is 1. The van der Waals surface area contributed by atoms with Crippen molar-refractivity contribution >= 4 is 5.91 Å². The van der Waals surface area contributed by atoms with Crippen molar-refractivity contribution in [3.05, 3.63) is 47.8 Å². The Bertz CT molecular complexity index is 692. The number of hydrogen-bond acceptors (Lipinski definition) is 4. The van der Waals surface area contributed by atoms with Crippen LogP contribution in [0.25, 0.3) is 0 Å². The van der Waals surface area contributed by atoms with Crippen molar-refractivity contribution in [3.8, 4) is 0 Å². The quantitative estimate of drug-likeness (QED) is 0.915. The topological polar surface area (TPSA) is 69.0 Å². The standard InChI is InChI=1S/C18H24N4O2/c1-3-22-10-9-19-17(22)16(14-7-11-24-12-8-14)21-18(23)15-6-4-5-13(2)20-15/h4-6,9-10,14,16H,3,7-8,11-12H2,1-2H3,(H,21,23)/t16-/m0/s1. The molecule has 24 heavy (non-hydrogen) atoms. The third kappa shape index (κ3) is 3.64. The van der Waals surface area contributed by atoms with Crippen molar-refractivity contribution in [3.63, 3.8) is 0 Å². The Morgan fingerprint density at radius 1 is 1.42 bits per heavy atom. The molecule has 0 aliphatic carbocycles. The highest BCUT2D eigenvalue weighted by atomic mass is 16.5. The molecule has 1 N–H and O–H groups in total. The average molecular weight is 328 g/mol. The Kier molecular flexibility index (Phi) is 5.25. The van der Waals surface area contributed by atoms with Gasteiger partial charge in [-0.25, -0.2) is 9.97 Å². The summed E-state index contributed by atoms with van der Waals surface area (Å²) in [5, 5.41) is 3.17. The van der Waals surface area contributed by atoms with E-state index in [-0.39, 0.29) is 11.9 Å². The van der Waals surface area contributed by atoms with Crippen LogP contribution in [0.2, 0.25) is 0 Å². The Labute approximate surface area is 142 Å². The van der Waals surface area contributed by atoms with E-state index in [1.807, 2.05) is 25.3 Å². The molecule has 128 valence electrons. The number of aryl methyl sites for hydroxylation is 2. The maximum atomic E-state index is 12.7. The summed E-state index contributed by atoms with van der Waals surface area (Å²) in [5.74, 6) is 1.08. The van der Waals surface area contributed by atoms with E-state index >= 15 is 0 Å². The van der Waals surface area contributed by atoms with Gasteiger partial charge in [-0.15, -0.1) is 0 Å². The molecular weight excluding hydrogens is 304 g/mol. The van der Waals surface area contributed by atoms with E-state index in [1.54, 1.807) is 12.3 Å². The average Bonchev–Trinajstić information content (AvgIpc) is 3.08. The van der Waals surface area contributed by atoms with Crippen LogP contribution in [-0.4, -0.2) is 33.7 Å². The smallest absolute Gasteiger partial charge is 0.270 e. The molecule has 1 saturated heterocycles. The molecule has 1 atom stereocenters. The highest BCUT2D eigenvalue weighted by Gasteiger charge is 2.30. The molecule has 1 aliphatic rings. The fourth-order valence-electron chi connectivity index (χ4n) is 3.19. The third-order valence-corrected chi connectivity index (χ3v) is 4.51. The molecule has 1 amide bonds. The Hall–Kier alpha value is -2.21. The number of nitrogens with zero attached hydrogens (tertiary/aromatic N) is 3. The molecule has 0 radical (unpaired) electrons. The summed E-state index contributed by atoms with van der Waals surface area (Å²) in [5.41, 5.74) is 1.28. The van der Waals surface area contributed by atoms with Gasteiger partial charge in [-0.05, 0) is 44.7 Å². The van der Waals surface area contributed by atoms with Gasteiger partial charge in [-0.2, -0.15) is 0 Å². The maximum absolute atomic E-state index is 12.7. The van der Waals surface area contributed by atoms with Gasteiger partial charge in [0.15, 0.2) is 0 Å². The highest BCUT2D eigenvalue weighted by molar-refractivity contribution is 5.92. The Morgan fingerprint density at radius 3 is 2.92 bits per heavy atom. The van der Waals surface area contributed by atoms with Gasteiger partial charge in [0.1, 0.15) is 11.5 Å². The molecule has 6 heteroatoms. The second kappa shape index (κ2) is 7.57. The van der Waals surface area contributed by atoms with E-state index in [4.69, 9.17) is 4.74 Å². The number of aromatic nitrogens is 3. The van der Waals surface area contributed by atoms with Crippen molar-refractivity contribution in [2.24, 2.45) is 5.92 Å². The summed E-state index contributed by atoms with van der Waals surface area (Å²) in [4.78, 5) is 21.5. The fourth-order valence-corrected chi connectivity index (χ4v) is 3.19. The molecule has 0 aromatic carbocycles. The van der Waals surface area contributed by atoms with Crippen molar-refractivity contribution in [1.29, 1.82) is 0 Å². The van der Waals surface area contributed by atoms with Crippen LogP contribution < -0.4 is 5.32 Å². The van der Waals surface area contributed by atoms with Crippen LogP contribution in [0.3, 0.4) is 0 Å². The van der Waals surface area contributed by atoms with E-state index < -0.39 is 0 Å². The summed E-state index contributed by atoms with van der Waals surface area (Å²) < 4.78 is 7.56. The number of ether oxygens (including phenoxy) is 1. The van der Waals surface area contributed by atoms with Crippen LogP contribution >= 0.6 is 0 Å². The third-order valence-electron chi connectivity index (χ3n) is 4.51. The van der Waals surface area contributed by atoms with E-state index in [1.165, 1.54) is 0 Å². The molecule has 2 aromatic rings. The van der Waals surface area contributed by atoms with Gasteiger partial charge < -0.3 is 14.6 Å². The lowest BCUT2D eigenvalue weighted by Crippen LogP contribution is -2.38. The van der Waals surface area contributed by atoms with Gasteiger partial charge in [0.2, 0.25) is 0 Å². The van der Waals surface area contributed by atoms with Crippen LogP contribution in [0.4, 0.5) is 0 Å². The summed E-state index contributed by atoms with van der Waals surface area (Å²) >= 11 is 0. The zero-order valence-electron chi connectivity index (χ0n) is 14.2. The summed E-state index contributed by atoms with van der Waals surface area (Å²) in [6, 6.07) is 5.36. The summed E-state index contributed by atoms with van der Waals surface area (Å²) in [6.45, 7) is 6.25. The Morgan fingerprint density at radius 2 is 2.21 bits per heavy atom. The van der Waals surface area contributed by atoms with Crippen LogP contribution in [-0.2, 0) is 11.3 Å². The minimum atomic E-state index is -0.152. The number of hydrogen-bond donors (Lipinski definition) is 1. The SMILES string of the molecule is CCn1ccnc1[C@@H](NC(=O)c1cccc(C)n1)C1CCOCC1. The second-order valence-corrected chi connectivity index (χ2v) is 6.14. The molecule has 0 spiro atoms. The van der Waals surface area contributed by atoms with Crippen molar-refractivity contribution in [2.45, 2.75) is 39.3 Å². The molecule has 2 aromatic heterocycles. The van der Waals surface area contributed by atoms with Crippen molar-refractivity contribution < 1.29 is 9.53 Å². The largest absolute Gasteiger partial charge is 0.381 e. The molecule has 1 fully saturated rings. The predicted molar refractivity (Wildman–Crippen MR) is 90.6 cm³/mol. The van der Waals surface area contributed by atoms with Crippen molar-refractivity contribution in [2.75, 3.05) is 13.2 Å². The van der Waals surface area contributed by atoms with E-state index in [0.29, 0.717) is 11.6 Å². The number of nitrogens with one attached hydrogen (secondary N) is 1. The first kappa shape index (κ1) is 16.6. The van der Waals surface area contributed by atoms with E-state index in [2.05, 4.69) is 26.8 Å². The number of carbonyl (C=O) groups excluding carboxylic acids is 1. The molecule has 0 bridgehead atoms. The Balaban J connectivity index is 1.85. The van der Waals surface area contributed by atoms with Crippen molar-refractivity contribution in [1.82, 2.24) is 19.9 Å². The van der Waals surface area contributed by atoms with Crippen LogP contribution in [0, 0.1) is 12.8 Å². The van der Waals surface area contributed by atoms with Gasteiger partial charge >= 0.3 is 0 Å². The summed E-state index contributed by atoms with van der Waals surface area (Å²) in [7, 11) is 0.